The summed E-state index contributed by atoms with van der Waals surface area (Å²) in [6.45, 7) is 5.43. The lowest BCUT2D eigenvalue weighted by atomic mass is 9.98. The van der Waals surface area contributed by atoms with E-state index in [-0.39, 0.29) is 23.8 Å². The second-order valence-electron chi connectivity index (χ2n) is 5.31. The van der Waals surface area contributed by atoms with E-state index < -0.39 is 0 Å². The number of ketones is 1. The van der Waals surface area contributed by atoms with Crippen molar-refractivity contribution in [2.24, 2.45) is 0 Å². The second-order valence-corrected chi connectivity index (χ2v) is 5.74. The van der Waals surface area contributed by atoms with E-state index in [1.165, 1.54) is 17.7 Å². The van der Waals surface area contributed by atoms with Crippen LogP contribution in [0, 0.1) is 0 Å². The van der Waals surface area contributed by atoms with Crippen molar-refractivity contribution in [2.45, 2.75) is 33.2 Å². The van der Waals surface area contributed by atoms with E-state index in [1.807, 2.05) is 26.0 Å². The lowest BCUT2D eigenvalue weighted by Gasteiger charge is -2.14. The quantitative estimate of drug-likeness (QED) is 0.871. The number of carbonyl (C=O) groups is 1. The summed E-state index contributed by atoms with van der Waals surface area (Å²) in [5.41, 5.74) is 2.10. The van der Waals surface area contributed by atoms with E-state index in [9.17, 15) is 9.59 Å². The van der Waals surface area contributed by atoms with Crippen LogP contribution in [-0.2, 0) is 11.3 Å². The maximum absolute atomic E-state index is 12.1. The maximum Gasteiger partial charge on any atom is 0.267 e. The highest BCUT2D eigenvalue weighted by molar-refractivity contribution is 6.30. The first-order chi connectivity index (χ1) is 9.88. The average molecular weight is 305 g/mol. The van der Waals surface area contributed by atoms with E-state index in [1.54, 1.807) is 12.1 Å². The molecule has 1 heterocycles. The van der Waals surface area contributed by atoms with Crippen molar-refractivity contribution in [3.8, 4) is 11.1 Å². The van der Waals surface area contributed by atoms with Gasteiger partial charge in [-0.1, -0.05) is 37.6 Å². The fraction of sp³-hybridized carbons (Fsp3) is 0.312. The molecule has 1 aromatic heterocycles. The minimum absolute atomic E-state index is 0.00558. The maximum atomic E-state index is 12.1. The van der Waals surface area contributed by atoms with Gasteiger partial charge in [0.1, 0.15) is 6.54 Å². The fourth-order valence-corrected chi connectivity index (χ4v) is 2.33. The number of nitrogens with zero attached hydrogens (tertiary/aromatic N) is 2. The van der Waals surface area contributed by atoms with Gasteiger partial charge in [0, 0.05) is 16.7 Å². The third-order valence-corrected chi connectivity index (χ3v) is 3.32. The van der Waals surface area contributed by atoms with E-state index >= 15 is 0 Å². The summed E-state index contributed by atoms with van der Waals surface area (Å²) in [6.07, 6.45) is 0. The Labute approximate surface area is 128 Å². The molecule has 21 heavy (non-hydrogen) atoms. The van der Waals surface area contributed by atoms with Crippen molar-refractivity contribution in [3.63, 3.8) is 0 Å². The van der Waals surface area contributed by atoms with Gasteiger partial charge >= 0.3 is 0 Å². The fourth-order valence-electron chi connectivity index (χ4n) is 2.14. The Hall–Kier alpha value is -1.94. The SMILES string of the molecule is CC(=O)Cn1nc(C(C)C)c(-c2cccc(Cl)c2)cc1=O. The van der Waals surface area contributed by atoms with E-state index in [0.29, 0.717) is 5.02 Å². The third-order valence-electron chi connectivity index (χ3n) is 3.08. The molecule has 0 radical (unpaired) electrons. The Morgan fingerprint density at radius 3 is 2.62 bits per heavy atom. The smallest absolute Gasteiger partial charge is 0.267 e. The summed E-state index contributed by atoms with van der Waals surface area (Å²) in [5.74, 6) is 0.0209. The average Bonchev–Trinajstić information content (AvgIpc) is 2.40. The van der Waals surface area contributed by atoms with E-state index in [4.69, 9.17) is 11.6 Å². The van der Waals surface area contributed by atoms with Gasteiger partial charge in [-0.25, -0.2) is 4.68 Å². The molecule has 0 amide bonds. The first-order valence-corrected chi connectivity index (χ1v) is 7.13. The summed E-state index contributed by atoms with van der Waals surface area (Å²) in [6, 6.07) is 8.84. The zero-order valence-corrected chi connectivity index (χ0v) is 13.0. The van der Waals surface area contributed by atoms with E-state index in [2.05, 4.69) is 5.10 Å². The molecule has 0 aliphatic heterocycles. The van der Waals surface area contributed by atoms with Gasteiger partial charge in [0.25, 0.3) is 5.56 Å². The number of hydrogen-bond donors (Lipinski definition) is 0. The topological polar surface area (TPSA) is 52.0 Å². The highest BCUT2D eigenvalue weighted by atomic mass is 35.5. The highest BCUT2D eigenvalue weighted by Crippen LogP contribution is 2.27. The molecule has 0 saturated carbocycles. The van der Waals surface area contributed by atoms with Gasteiger partial charge in [-0.3, -0.25) is 9.59 Å². The van der Waals surface area contributed by atoms with Gasteiger partial charge in [-0.2, -0.15) is 5.10 Å². The molecule has 0 aliphatic carbocycles. The summed E-state index contributed by atoms with van der Waals surface area (Å²) in [7, 11) is 0. The van der Waals surface area contributed by atoms with Crippen molar-refractivity contribution in [3.05, 3.63) is 51.4 Å². The number of aromatic nitrogens is 2. The standard InChI is InChI=1S/C16H17ClN2O2/c1-10(2)16-14(12-5-4-6-13(17)7-12)8-15(21)19(18-16)9-11(3)20/h4-8,10H,9H2,1-3H3. The highest BCUT2D eigenvalue weighted by Gasteiger charge is 2.14. The lowest BCUT2D eigenvalue weighted by Crippen LogP contribution is -2.27. The molecule has 0 unspecified atom stereocenters. The van der Waals surface area contributed by atoms with Crippen LogP contribution in [0.4, 0.5) is 0 Å². The summed E-state index contributed by atoms with van der Waals surface area (Å²) in [5, 5.41) is 4.96. The van der Waals surface area contributed by atoms with Crippen molar-refractivity contribution in [1.29, 1.82) is 0 Å². The van der Waals surface area contributed by atoms with Gasteiger partial charge in [0.2, 0.25) is 0 Å². The van der Waals surface area contributed by atoms with E-state index in [0.717, 1.165) is 16.8 Å². The number of Topliss-reactive ketones (excluding diaryl/α,β-unsaturated/α-hetero) is 1. The number of rotatable bonds is 4. The molecule has 0 saturated heterocycles. The molecule has 0 N–H and O–H groups in total. The van der Waals surface area contributed by atoms with Gasteiger partial charge < -0.3 is 0 Å². The van der Waals surface area contributed by atoms with Crippen molar-refractivity contribution in [1.82, 2.24) is 9.78 Å². The Balaban J connectivity index is 2.63. The monoisotopic (exact) mass is 304 g/mol. The Kier molecular flexibility index (Phi) is 4.58. The molecule has 0 spiro atoms. The van der Waals surface area contributed by atoms with Crippen LogP contribution in [-0.4, -0.2) is 15.6 Å². The van der Waals surface area contributed by atoms with Gasteiger partial charge in [0.15, 0.2) is 5.78 Å². The molecule has 0 bridgehead atoms. The molecule has 2 aromatic rings. The molecule has 0 aliphatic rings. The molecular formula is C16H17ClN2O2. The summed E-state index contributed by atoms with van der Waals surface area (Å²) < 4.78 is 1.21. The number of halogens is 1. The molecule has 1 aromatic carbocycles. The summed E-state index contributed by atoms with van der Waals surface area (Å²) in [4.78, 5) is 23.4. The minimum Gasteiger partial charge on any atom is -0.298 e. The van der Waals surface area contributed by atoms with Crippen LogP contribution >= 0.6 is 11.6 Å². The lowest BCUT2D eigenvalue weighted by molar-refractivity contribution is -0.117. The largest absolute Gasteiger partial charge is 0.298 e. The molecular weight excluding hydrogens is 288 g/mol. The Bertz CT molecular complexity index is 735. The number of carbonyl (C=O) groups excluding carboxylic acids is 1. The van der Waals surface area contributed by atoms with Crippen LogP contribution in [0.3, 0.4) is 0 Å². The molecule has 4 nitrogen and oxygen atoms in total. The van der Waals surface area contributed by atoms with Crippen molar-refractivity contribution < 1.29 is 4.79 Å². The van der Waals surface area contributed by atoms with Crippen LogP contribution in [0.2, 0.25) is 5.02 Å². The van der Waals surface area contributed by atoms with Crippen LogP contribution in [0.1, 0.15) is 32.4 Å². The first-order valence-electron chi connectivity index (χ1n) is 6.76. The number of benzene rings is 1. The zero-order chi connectivity index (χ0) is 15.6. The normalized spacial score (nSPS) is 10.9. The van der Waals surface area contributed by atoms with Gasteiger partial charge in [-0.15, -0.1) is 0 Å². The Morgan fingerprint density at radius 1 is 1.33 bits per heavy atom. The predicted molar refractivity (Wildman–Crippen MR) is 83.7 cm³/mol. The zero-order valence-electron chi connectivity index (χ0n) is 12.3. The Morgan fingerprint density at radius 2 is 2.05 bits per heavy atom. The molecule has 110 valence electrons. The molecule has 5 heteroatoms. The third kappa shape index (κ3) is 3.58. The van der Waals surface area contributed by atoms with Crippen molar-refractivity contribution in [2.75, 3.05) is 0 Å². The van der Waals surface area contributed by atoms with Crippen LogP contribution in [0.15, 0.2) is 35.1 Å². The summed E-state index contributed by atoms with van der Waals surface area (Å²) >= 11 is 6.02. The molecule has 0 fully saturated rings. The van der Waals surface area contributed by atoms with Gasteiger partial charge in [-0.05, 0) is 30.5 Å². The predicted octanol–water partition coefficient (Wildman–Crippen LogP) is 3.28. The number of hydrogen-bond acceptors (Lipinski definition) is 3. The van der Waals surface area contributed by atoms with Gasteiger partial charge in [0.05, 0.1) is 5.69 Å². The molecule has 2 rings (SSSR count). The van der Waals surface area contributed by atoms with Crippen LogP contribution in [0.25, 0.3) is 11.1 Å². The minimum atomic E-state index is -0.287. The van der Waals surface area contributed by atoms with Crippen LogP contribution < -0.4 is 5.56 Å². The van der Waals surface area contributed by atoms with Crippen LogP contribution in [0.5, 0.6) is 0 Å². The molecule has 0 atom stereocenters. The second kappa shape index (κ2) is 6.22. The first kappa shape index (κ1) is 15.4. The van der Waals surface area contributed by atoms with Crippen molar-refractivity contribution >= 4 is 17.4 Å².